The van der Waals surface area contributed by atoms with Crippen LogP contribution in [-0.4, -0.2) is 58.4 Å². The molecule has 0 aliphatic rings. The van der Waals surface area contributed by atoms with Crippen molar-refractivity contribution in [3.63, 3.8) is 0 Å². The number of benzene rings is 2. The van der Waals surface area contributed by atoms with Gasteiger partial charge in [0.25, 0.3) is 5.91 Å². The van der Waals surface area contributed by atoms with Gasteiger partial charge in [0.2, 0.25) is 5.91 Å². The van der Waals surface area contributed by atoms with Gasteiger partial charge in [0.05, 0.1) is 18.6 Å². The van der Waals surface area contributed by atoms with E-state index in [-0.39, 0.29) is 17.6 Å². The predicted octanol–water partition coefficient (Wildman–Crippen LogP) is 3.02. The molecular formula is C21H23N5O3S. The molecule has 2 amide bonds. The van der Waals surface area contributed by atoms with Gasteiger partial charge < -0.3 is 15.0 Å². The molecule has 0 spiro atoms. The summed E-state index contributed by atoms with van der Waals surface area (Å²) in [7, 11) is 4.86. The van der Waals surface area contributed by atoms with Gasteiger partial charge in [0.15, 0.2) is 5.16 Å². The number of hydrogen-bond acceptors (Lipinski definition) is 6. The van der Waals surface area contributed by atoms with Crippen LogP contribution in [0.3, 0.4) is 0 Å². The van der Waals surface area contributed by atoms with E-state index in [2.05, 4.69) is 15.5 Å². The monoisotopic (exact) mass is 425 g/mol. The van der Waals surface area contributed by atoms with Crippen molar-refractivity contribution in [3.8, 4) is 11.4 Å². The number of anilines is 1. The van der Waals surface area contributed by atoms with Gasteiger partial charge in [-0.25, -0.2) is 0 Å². The van der Waals surface area contributed by atoms with Crippen molar-refractivity contribution >= 4 is 29.3 Å². The summed E-state index contributed by atoms with van der Waals surface area (Å²) in [4.78, 5) is 26.2. The summed E-state index contributed by atoms with van der Waals surface area (Å²) in [6.07, 6.45) is 1.62. The third kappa shape index (κ3) is 4.98. The minimum Gasteiger partial charge on any atom is -0.495 e. The number of aromatic nitrogens is 3. The average molecular weight is 426 g/mol. The van der Waals surface area contributed by atoms with E-state index >= 15 is 0 Å². The molecule has 0 unspecified atom stereocenters. The molecule has 1 N–H and O–H groups in total. The molecule has 8 nitrogen and oxygen atoms in total. The topological polar surface area (TPSA) is 89.3 Å². The SMILES string of the molecule is COc1ccc(C(=O)N(C)C)cc1NC(=O)CSc1nncn1-c1ccc(C)cc1. The number of thioether (sulfide) groups is 1. The molecule has 0 saturated carbocycles. The first-order valence-corrected chi connectivity index (χ1v) is 10.2. The smallest absolute Gasteiger partial charge is 0.253 e. The van der Waals surface area contributed by atoms with Crippen LogP contribution < -0.4 is 10.1 Å². The van der Waals surface area contributed by atoms with Gasteiger partial charge in [0, 0.05) is 25.3 Å². The molecule has 0 aliphatic heterocycles. The Labute approximate surface area is 179 Å². The summed E-state index contributed by atoms with van der Waals surface area (Å²) in [5.74, 6) is 0.200. The Bertz CT molecular complexity index is 1050. The Hall–Kier alpha value is -3.33. The van der Waals surface area contributed by atoms with E-state index in [4.69, 9.17) is 4.74 Å². The van der Waals surface area contributed by atoms with E-state index in [1.54, 1.807) is 38.6 Å². The van der Waals surface area contributed by atoms with E-state index in [0.29, 0.717) is 22.2 Å². The fourth-order valence-electron chi connectivity index (χ4n) is 2.72. The molecule has 2 aromatic carbocycles. The lowest BCUT2D eigenvalue weighted by Gasteiger charge is -2.14. The summed E-state index contributed by atoms with van der Waals surface area (Å²) < 4.78 is 7.13. The maximum atomic E-state index is 12.5. The Morgan fingerprint density at radius 1 is 1.17 bits per heavy atom. The number of amides is 2. The molecule has 0 saturated heterocycles. The maximum absolute atomic E-state index is 12.5. The second kappa shape index (κ2) is 9.45. The van der Waals surface area contributed by atoms with Gasteiger partial charge in [-0.1, -0.05) is 29.5 Å². The van der Waals surface area contributed by atoms with E-state index in [1.165, 1.54) is 23.8 Å². The summed E-state index contributed by atoms with van der Waals surface area (Å²) in [5, 5.41) is 11.5. The van der Waals surface area contributed by atoms with Gasteiger partial charge in [0.1, 0.15) is 12.1 Å². The summed E-state index contributed by atoms with van der Waals surface area (Å²) in [5.41, 5.74) is 2.98. The van der Waals surface area contributed by atoms with Crippen LogP contribution in [-0.2, 0) is 4.79 Å². The van der Waals surface area contributed by atoms with Crippen molar-refractivity contribution in [2.45, 2.75) is 12.1 Å². The highest BCUT2D eigenvalue weighted by molar-refractivity contribution is 7.99. The van der Waals surface area contributed by atoms with Crippen molar-refractivity contribution in [2.75, 3.05) is 32.3 Å². The Kier molecular flexibility index (Phi) is 6.73. The first kappa shape index (κ1) is 21.4. The number of nitrogens with zero attached hydrogens (tertiary/aromatic N) is 4. The van der Waals surface area contributed by atoms with E-state index in [0.717, 1.165) is 11.3 Å². The highest BCUT2D eigenvalue weighted by Crippen LogP contribution is 2.27. The second-order valence-corrected chi connectivity index (χ2v) is 7.71. The molecule has 0 fully saturated rings. The second-order valence-electron chi connectivity index (χ2n) is 6.77. The molecule has 0 radical (unpaired) electrons. The third-order valence-corrected chi connectivity index (χ3v) is 5.23. The number of carbonyl (C=O) groups excluding carboxylic acids is 2. The van der Waals surface area contributed by atoms with Crippen LogP contribution in [0, 0.1) is 6.92 Å². The Balaban J connectivity index is 1.70. The molecule has 9 heteroatoms. The van der Waals surface area contributed by atoms with Crippen molar-refractivity contribution < 1.29 is 14.3 Å². The van der Waals surface area contributed by atoms with E-state index in [9.17, 15) is 9.59 Å². The highest BCUT2D eigenvalue weighted by atomic mass is 32.2. The van der Waals surface area contributed by atoms with Crippen molar-refractivity contribution in [2.24, 2.45) is 0 Å². The number of ether oxygens (including phenoxy) is 1. The fraction of sp³-hybridized carbons (Fsp3) is 0.238. The molecule has 3 aromatic rings. The minimum atomic E-state index is -0.244. The van der Waals surface area contributed by atoms with Gasteiger partial charge in [-0.05, 0) is 37.3 Å². The van der Waals surface area contributed by atoms with Gasteiger partial charge >= 0.3 is 0 Å². The predicted molar refractivity (Wildman–Crippen MR) is 116 cm³/mol. The average Bonchev–Trinajstić information content (AvgIpc) is 3.20. The zero-order chi connectivity index (χ0) is 21.7. The number of rotatable bonds is 7. The number of hydrogen-bond donors (Lipinski definition) is 1. The van der Waals surface area contributed by atoms with Gasteiger partial charge in [-0.2, -0.15) is 0 Å². The minimum absolute atomic E-state index is 0.125. The van der Waals surface area contributed by atoms with E-state index in [1.807, 2.05) is 35.8 Å². The van der Waals surface area contributed by atoms with Crippen LogP contribution in [0.5, 0.6) is 5.75 Å². The van der Waals surface area contributed by atoms with Crippen molar-refractivity contribution in [1.29, 1.82) is 0 Å². The van der Waals surface area contributed by atoms with Crippen LogP contribution in [0.4, 0.5) is 5.69 Å². The molecule has 0 aliphatic carbocycles. The van der Waals surface area contributed by atoms with E-state index < -0.39 is 0 Å². The number of aryl methyl sites for hydroxylation is 1. The van der Waals surface area contributed by atoms with Crippen LogP contribution in [0.2, 0.25) is 0 Å². The molecule has 3 rings (SSSR count). The van der Waals surface area contributed by atoms with Crippen LogP contribution in [0.15, 0.2) is 53.9 Å². The number of methoxy groups -OCH3 is 1. The normalized spacial score (nSPS) is 10.5. The molecule has 156 valence electrons. The summed E-state index contributed by atoms with van der Waals surface area (Å²) >= 11 is 1.27. The fourth-order valence-corrected chi connectivity index (χ4v) is 3.45. The van der Waals surface area contributed by atoms with Crippen LogP contribution >= 0.6 is 11.8 Å². The summed E-state index contributed by atoms with van der Waals surface area (Å²) in [6.45, 7) is 2.02. The molecule has 1 aromatic heterocycles. The number of carbonyl (C=O) groups is 2. The van der Waals surface area contributed by atoms with Crippen molar-refractivity contribution in [1.82, 2.24) is 19.7 Å². The highest BCUT2D eigenvalue weighted by Gasteiger charge is 2.15. The summed E-state index contributed by atoms with van der Waals surface area (Å²) in [6, 6.07) is 12.9. The Morgan fingerprint density at radius 2 is 1.90 bits per heavy atom. The molecular weight excluding hydrogens is 402 g/mol. The zero-order valence-corrected chi connectivity index (χ0v) is 18.1. The van der Waals surface area contributed by atoms with Gasteiger partial charge in [-0.15, -0.1) is 10.2 Å². The maximum Gasteiger partial charge on any atom is 0.253 e. The molecule has 30 heavy (non-hydrogen) atoms. The van der Waals surface area contributed by atoms with Crippen LogP contribution in [0.1, 0.15) is 15.9 Å². The zero-order valence-electron chi connectivity index (χ0n) is 17.2. The first-order chi connectivity index (χ1) is 14.4. The lowest BCUT2D eigenvalue weighted by molar-refractivity contribution is -0.113. The standard InChI is InChI=1S/C21H23N5O3S/c1-14-5-8-16(9-6-14)26-13-22-24-21(26)30-12-19(27)23-17-11-15(20(28)25(2)3)7-10-18(17)29-4/h5-11,13H,12H2,1-4H3,(H,23,27). The van der Waals surface area contributed by atoms with Crippen LogP contribution in [0.25, 0.3) is 5.69 Å². The molecule has 1 heterocycles. The lowest BCUT2D eigenvalue weighted by atomic mass is 10.1. The van der Waals surface area contributed by atoms with Gasteiger partial charge in [-0.3, -0.25) is 14.2 Å². The molecule has 0 bridgehead atoms. The largest absolute Gasteiger partial charge is 0.495 e. The lowest BCUT2D eigenvalue weighted by Crippen LogP contribution is -2.22. The number of nitrogens with one attached hydrogen (secondary N) is 1. The molecule has 0 atom stereocenters. The Morgan fingerprint density at radius 3 is 2.57 bits per heavy atom. The third-order valence-electron chi connectivity index (χ3n) is 4.29. The quantitative estimate of drug-likeness (QED) is 0.586. The van der Waals surface area contributed by atoms with Crippen molar-refractivity contribution in [3.05, 3.63) is 59.9 Å². The first-order valence-electron chi connectivity index (χ1n) is 9.18.